The van der Waals surface area contributed by atoms with Gasteiger partial charge in [-0.15, -0.1) is 11.3 Å². The summed E-state index contributed by atoms with van der Waals surface area (Å²) in [5.41, 5.74) is -0.0656. The number of methoxy groups -OCH3 is 2. The number of thiazole rings is 1. The molecule has 1 N–H and O–H groups in total. The number of rotatable bonds is 13. The second-order valence-electron chi connectivity index (χ2n) is 9.99. The van der Waals surface area contributed by atoms with Crippen LogP contribution >= 0.6 is 11.3 Å². The van der Waals surface area contributed by atoms with E-state index in [2.05, 4.69) is 5.32 Å². The molecule has 4 rings (SSSR count). The maximum Gasteiger partial charge on any atom is 0.416 e. The largest absolute Gasteiger partial charge is 0.497 e. The average molecular weight is 668 g/mol. The standard InChI is InChI=1S/C34H32F3N3O6S/c1-4-45-16-6-15-40-32(42)30(47-33(40)27(20-38)31(41)39-25-10-12-26(43-2)13-11-25)19-22-9-14-28(29(18-22)44-3)46-21-23-7-5-8-24(17-23)34(35,36)37/h5,7-14,17-19H,4,6,15-16,21H2,1-3H3,(H,39,41)/b30-19+,33-27-. The molecule has 3 aromatic carbocycles. The van der Waals surface area contributed by atoms with Crippen LogP contribution in [0.4, 0.5) is 18.9 Å². The number of hydrogen-bond acceptors (Lipinski definition) is 8. The summed E-state index contributed by atoms with van der Waals surface area (Å²) < 4.78 is 62.9. The highest BCUT2D eigenvalue weighted by atomic mass is 32.1. The third-order valence-electron chi connectivity index (χ3n) is 6.82. The molecule has 246 valence electrons. The van der Waals surface area contributed by atoms with Crippen molar-refractivity contribution in [3.05, 3.63) is 103 Å². The van der Waals surface area contributed by atoms with E-state index >= 15 is 0 Å². The normalized spacial score (nSPS) is 12.3. The molecule has 4 aromatic rings. The van der Waals surface area contributed by atoms with Gasteiger partial charge in [-0.1, -0.05) is 18.2 Å². The Morgan fingerprint density at radius 1 is 1.04 bits per heavy atom. The van der Waals surface area contributed by atoms with Crippen molar-refractivity contribution in [3.8, 4) is 23.3 Å². The minimum absolute atomic E-state index is 0.130. The number of halogens is 3. The number of amides is 1. The van der Waals surface area contributed by atoms with Crippen LogP contribution in [-0.2, 0) is 28.9 Å². The quantitative estimate of drug-likeness (QED) is 0.198. The Bertz CT molecular complexity index is 1930. The second-order valence-corrected chi connectivity index (χ2v) is 11.0. The maximum absolute atomic E-state index is 13.6. The van der Waals surface area contributed by atoms with E-state index in [1.807, 2.05) is 13.0 Å². The van der Waals surface area contributed by atoms with Crippen LogP contribution in [0.15, 0.2) is 71.5 Å². The van der Waals surface area contributed by atoms with Crippen LogP contribution in [0.5, 0.6) is 17.2 Å². The number of nitrogens with one attached hydrogen (secondary N) is 1. The smallest absolute Gasteiger partial charge is 0.416 e. The molecule has 0 fully saturated rings. The summed E-state index contributed by atoms with van der Waals surface area (Å²) in [6.07, 6.45) is -2.40. The van der Waals surface area contributed by atoms with E-state index in [0.29, 0.717) is 47.9 Å². The van der Waals surface area contributed by atoms with Gasteiger partial charge in [0.15, 0.2) is 17.1 Å². The summed E-state index contributed by atoms with van der Waals surface area (Å²) in [6.45, 7) is 2.83. The van der Waals surface area contributed by atoms with Crippen molar-refractivity contribution in [2.45, 2.75) is 32.7 Å². The first-order valence-electron chi connectivity index (χ1n) is 14.4. The molecule has 47 heavy (non-hydrogen) atoms. The summed E-state index contributed by atoms with van der Waals surface area (Å²) >= 11 is 1.00. The van der Waals surface area contributed by atoms with Crippen molar-refractivity contribution in [2.24, 2.45) is 0 Å². The van der Waals surface area contributed by atoms with Crippen LogP contribution in [0.2, 0.25) is 0 Å². The van der Waals surface area contributed by atoms with E-state index in [4.69, 9.17) is 18.9 Å². The molecule has 0 aliphatic rings. The lowest BCUT2D eigenvalue weighted by Crippen LogP contribution is -2.34. The number of anilines is 1. The van der Waals surface area contributed by atoms with Gasteiger partial charge in [-0.25, -0.2) is 0 Å². The third kappa shape index (κ3) is 9.02. The molecule has 0 aliphatic carbocycles. The number of alkyl halides is 3. The summed E-state index contributed by atoms with van der Waals surface area (Å²) in [6, 6.07) is 18.3. The molecular formula is C34H32F3N3O6S. The highest BCUT2D eigenvalue weighted by Gasteiger charge is 2.30. The van der Waals surface area contributed by atoms with E-state index in [0.717, 1.165) is 23.5 Å². The van der Waals surface area contributed by atoms with Crippen molar-refractivity contribution >= 4 is 34.6 Å². The van der Waals surface area contributed by atoms with E-state index in [1.54, 1.807) is 48.5 Å². The Kier molecular flexibility index (Phi) is 11.8. The SMILES string of the molecule is CCOCCCn1c(=O)/c(=C\c2ccc(OCc3cccc(C(F)(F)F)c3)c(OC)c2)s/c1=C(/C#N)C(=O)Nc1ccc(OC)cc1. The lowest BCUT2D eigenvalue weighted by Gasteiger charge is -2.13. The highest BCUT2D eigenvalue weighted by molar-refractivity contribution is 7.07. The molecule has 0 atom stereocenters. The first-order valence-corrected chi connectivity index (χ1v) is 15.3. The van der Waals surface area contributed by atoms with Gasteiger partial charge in [0.25, 0.3) is 11.5 Å². The zero-order valence-electron chi connectivity index (χ0n) is 25.8. The number of benzene rings is 3. The van der Waals surface area contributed by atoms with Crippen LogP contribution < -0.4 is 34.3 Å². The van der Waals surface area contributed by atoms with Crippen molar-refractivity contribution in [2.75, 3.05) is 32.8 Å². The number of nitriles is 1. The summed E-state index contributed by atoms with van der Waals surface area (Å²) in [5, 5.41) is 12.7. The Labute approximate surface area is 272 Å². The lowest BCUT2D eigenvalue weighted by molar-refractivity contribution is -0.137. The highest BCUT2D eigenvalue weighted by Crippen LogP contribution is 2.31. The summed E-state index contributed by atoms with van der Waals surface area (Å²) in [5.74, 6) is 0.509. The van der Waals surface area contributed by atoms with Gasteiger partial charge in [0.2, 0.25) is 0 Å². The van der Waals surface area contributed by atoms with E-state index in [-0.39, 0.29) is 33.7 Å². The maximum atomic E-state index is 13.6. The molecule has 0 aliphatic heterocycles. The number of nitrogens with zero attached hydrogens (tertiary/aromatic N) is 2. The van der Waals surface area contributed by atoms with Gasteiger partial charge in [-0.2, -0.15) is 18.4 Å². The Balaban J connectivity index is 1.68. The van der Waals surface area contributed by atoms with Gasteiger partial charge in [0.05, 0.1) is 24.3 Å². The van der Waals surface area contributed by atoms with Gasteiger partial charge in [0, 0.05) is 25.4 Å². The summed E-state index contributed by atoms with van der Waals surface area (Å²) in [4.78, 5) is 26.8. The van der Waals surface area contributed by atoms with Crippen LogP contribution in [0.1, 0.15) is 30.0 Å². The predicted molar refractivity (Wildman–Crippen MR) is 172 cm³/mol. The number of hydrogen-bond donors (Lipinski definition) is 1. The van der Waals surface area contributed by atoms with Gasteiger partial charge in [0.1, 0.15) is 23.1 Å². The van der Waals surface area contributed by atoms with Crippen molar-refractivity contribution in [3.63, 3.8) is 0 Å². The van der Waals surface area contributed by atoms with Crippen LogP contribution in [0.3, 0.4) is 0 Å². The molecule has 13 heteroatoms. The molecule has 0 saturated heterocycles. The average Bonchev–Trinajstić information content (AvgIpc) is 3.36. The minimum atomic E-state index is -4.47. The molecule has 9 nitrogen and oxygen atoms in total. The molecule has 0 bridgehead atoms. The predicted octanol–water partition coefficient (Wildman–Crippen LogP) is 5.09. The molecule has 0 radical (unpaired) electrons. The lowest BCUT2D eigenvalue weighted by atomic mass is 10.1. The molecule has 1 aromatic heterocycles. The number of ether oxygens (including phenoxy) is 4. The van der Waals surface area contributed by atoms with Gasteiger partial charge < -0.3 is 24.3 Å². The van der Waals surface area contributed by atoms with Crippen molar-refractivity contribution in [1.29, 1.82) is 5.26 Å². The molecule has 1 amide bonds. The molecule has 1 heterocycles. The third-order valence-corrected chi connectivity index (χ3v) is 7.95. The number of carbonyl (C=O) groups is 1. The monoisotopic (exact) mass is 667 g/mol. The van der Waals surface area contributed by atoms with Gasteiger partial charge in [-0.3, -0.25) is 14.2 Å². The number of carbonyl (C=O) groups excluding carboxylic acids is 1. The van der Waals surface area contributed by atoms with Crippen LogP contribution in [0.25, 0.3) is 11.6 Å². The van der Waals surface area contributed by atoms with Crippen LogP contribution in [-0.4, -0.2) is 37.9 Å². The van der Waals surface area contributed by atoms with Gasteiger partial charge >= 0.3 is 6.18 Å². The van der Waals surface area contributed by atoms with Gasteiger partial charge in [-0.05, 0) is 79.1 Å². The molecule has 0 saturated carbocycles. The Morgan fingerprint density at radius 2 is 1.81 bits per heavy atom. The first kappa shape index (κ1) is 34.8. The zero-order valence-corrected chi connectivity index (χ0v) is 26.7. The molecular weight excluding hydrogens is 635 g/mol. The second kappa shape index (κ2) is 16.0. The molecule has 0 unspecified atom stereocenters. The van der Waals surface area contributed by atoms with E-state index < -0.39 is 23.2 Å². The van der Waals surface area contributed by atoms with E-state index in [1.165, 1.54) is 30.9 Å². The van der Waals surface area contributed by atoms with Crippen molar-refractivity contribution < 1.29 is 36.9 Å². The van der Waals surface area contributed by atoms with Crippen LogP contribution in [0, 0.1) is 11.3 Å². The fourth-order valence-electron chi connectivity index (χ4n) is 4.48. The fourth-order valence-corrected chi connectivity index (χ4v) is 5.61. The topological polar surface area (TPSA) is 112 Å². The first-order chi connectivity index (χ1) is 22.6. The zero-order chi connectivity index (χ0) is 34.0. The Morgan fingerprint density at radius 3 is 2.47 bits per heavy atom. The van der Waals surface area contributed by atoms with E-state index in [9.17, 15) is 28.0 Å². The minimum Gasteiger partial charge on any atom is -0.497 e. The summed E-state index contributed by atoms with van der Waals surface area (Å²) in [7, 11) is 2.94. The Hall–Kier alpha value is -5.06. The number of aromatic nitrogens is 1. The molecule has 0 spiro atoms. The fraction of sp³-hybridized carbons (Fsp3) is 0.265. The van der Waals surface area contributed by atoms with Crippen molar-refractivity contribution in [1.82, 2.24) is 4.57 Å².